The lowest BCUT2D eigenvalue weighted by Crippen LogP contribution is -2.52. The van der Waals surface area contributed by atoms with Crippen LogP contribution in [0.2, 0.25) is 5.02 Å². The summed E-state index contributed by atoms with van der Waals surface area (Å²) >= 11 is 6.31. The Bertz CT molecular complexity index is 674. The molecule has 134 valence electrons. The average molecular weight is 359 g/mol. The van der Waals surface area contributed by atoms with Crippen molar-refractivity contribution >= 4 is 11.6 Å². The van der Waals surface area contributed by atoms with E-state index < -0.39 is 0 Å². The number of aliphatic hydroxyl groups is 1. The zero-order chi connectivity index (χ0) is 17.6. The van der Waals surface area contributed by atoms with E-state index in [4.69, 9.17) is 11.6 Å². The Labute approximate surface area is 155 Å². The number of nitrogens with zero attached hydrogens (tertiary/aromatic N) is 2. The summed E-state index contributed by atoms with van der Waals surface area (Å²) in [5.41, 5.74) is 3.81. The highest BCUT2D eigenvalue weighted by Crippen LogP contribution is 2.21. The third kappa shape index (κ3) is 5.05. The largest absolute Gasteiger partial charge is 0.396 e. The quantitative estimate of drug-likeness (QED) is 0.852. The van der Waals surface area contributed by atoms with Crippen molar-refractivity contribution < 1.29 is 5.11 Å². The van der Waals surface area contributed by atoms with Crippen LogP contribution in [0.1, 0.15) is 23.1 Å². The molecule has 1 aliphatic rings. The van der Waals surface area contributed by atoms with Crippen LogP contribution in [0.5, 0.6) is 0 Å². The second-order valence-electron chi connectivity index (χ2n) is 6.95. The van der Waals surface area contributed by atoms with E-state index in [1.807, 2.05) is 18.2 Å². The van der Waals surface area contributed by atoms with E-state index >= 15 is 0 Å². The monoisotopic (exact) mass is 358 g/mol. The third-order valence-electron chi connectivity index (χ3n) is 5.01. The van der Waals surface area contributed by atoms with Crippen LogP contribution in [0.3, 0.4) is 0 Å². The number of aryl methyl sites for hydroxylation is 1. The minimum atomic E-state index is 0.231. The van der Waals surface area contributed by atoms with Crippen LogP contribution >= 0.6 is 11.6 Å². The standard InChI is InChI=1S/C21H27ClN2O/c1-17-6-8-18(9-7-17)14-24-12-11-23(16-20(24)10-13-25)15-19-4-2-3-5-21(19)22/h2-9,20,25H,10-16H2,1H3/t20-/m0/s1. The molecule has 0 radical (unpaired) electrons. The van der Waals surface area contributed by atoms with Crippen LogP contribution in [-0.2, 0) is 13.1 Å². The van der Waals surface area contributed by atoms with Gasteiger partial charge < -0.3 is 5.11 Å². The molecule has 2 aromatic carbocycles. The molecule has 25 heavy (non-hydrogen) atoms. The Kier molecular flexibility index (Phi) is 6.49. The van der Waals surface area contributed by atoms with Crippen molar-refractivity contribution in [1.29, 1.82) is 0 Å². The molecule has 1 atom stereocenters. The van der Waals surface area contributed by atoms with Crippen molar-refractivity contribution in [3.8, 4) is 0 Å². The number of piperazine rings is 1. The SMILES string of the molecule is Cc1ccc(CN2CCN(Cc3ccccc3Cl)C[C@@H]2CCO)cc1. The average Bonchev–Trinajstić information content (AvgIpc) is 2.61. The zero-order valence-electron chi connectivity index (χ0n) is 14.9. The van der Waals surface area contributed by atoms with Crippen LogP contribution < -0.4 is 0 Å². The van der Waals surface area contributed by atoms with E-state index in [0.29, 0.717) is 6.04 Å². The first-order valence-electron chi connectivity index (χ1n) is 9.02. The van der Waals surface area contributed by atoms with Crippen molar-refractivity contribution in [3.63, 3.8) is 0 Å². The lowest BCUT2D eigenvalue weighted by atomic mass is 10.1. The molecule has 0 saturated carbocycles. The van der Waals surface area contributed by atoms with Gasteiger partial charge in [-0.15, -0.1) is 0 Å². The molecule has 2 aromatic rings. The predicted molar refractivity (Wildman–Crippen MR) is 104 cm³/mol. The molecule has 0 spiro atoms. The van der Waals surface area contributed by atoms with E-state index in [1.54, 1.807) is 0 Å². The second kappa shape index (κ2) is 8.81. The fourth-order valence-electron chi connectivity index (χ4n) is 3.53. The maximum Gasteiger partial charge on any atom is 0.0451 e. The molecule has 1 aliphatic heterocycles. The molecule has 1 fully saturated rings. The molecule has 3 nitrogen and oxygen atoms in total. The fraction of sp³-hybridized carbons (Fsp3) is 0.429. The summed E-state index contributed by atoms with van der Waals surface area (Å²) in [5.74, 6) is 0. The first kappa shape index (κ1) is 18.4. The maximum atomic E-state index is 9.49. The lowest BCUT2D eigenvalue weighted by Gasteiger charge is -2.41. The molecule has 4 heteroatoms. The molecule has 1 heterocycles. The highest BCUT2D eigenvalue weighted by Gasteiger charge is 2.26. The van der Waals surface area contributed by atoms with Crippen LogP contribution in [0.25, 0.3) is 0 Å². The van der Waals surface area contributed by atoms with Gasteiger partial charge in [0.25, 0.3) is 0 Å². The topological polar surface area (TPSA) is 26.7 Å². The Morgan fingerprint density at radius 3 is 2.52 bits per heavy atom. The molecule has 0 bridgehead atoms. The summed E-state index contributed by atoms with van der Waals surface area (Å²) in [5, 5.41) is 10.3. The van der Waals surface area contributed by atoms with Gasteiger partial charge in [0, 0.05) is 50.4 Å². The van der Waals surface area contributed by atoms with Crippen LogP contribution in [0, 0.1) is 6.92 Å². The fourth-order valence-corrected chi connectivity index (χ4v) is 3.72. The number of hydrogen-bond donors (Lipinski definition) is 1. The van der Waals surface area contributed by atoms with Gasteiger partial charge >= 0.3 is 0 Å². The van der Waals surface area contributed by atoms with E-state index in [2.05, 4.69) is 47.1 Å². The van der Waals surface area contributed by atoms with Crippen molar-refractivity contribution in [2.24, 2.45) is 0 Å². The van der Waals surface area contributed by atoms with Crippen molar-refractivity contribution in [1.82, 2.24) is 9.80 Å². The van der Waals surface area contributed by atoms with Gasteiger partial charge in [-0.2, -0.15) is 0 Å². The van der Waals surface area contributed by atoms with Gasteiger partial charge in [0.15, 0.2) is 0 Å². The smallest absolute Gasteiger partial charge is 0.0451 e. The summed E-state index contributed by atoms with van der Waals surface area (Å²) in [4.78, 5) is 4.96. The van der Waals surface area contributed by atoms with Crippen molar-refractivity contribution in [2.45, 2.75) is 32.5 Å². The van der Waals surface area contributed by atoms with Gasteiger partial charge in [0.2, 0.25) is 0 Å². The molecule has 0 aromatic heterocycles. The van der Waals surface area contributed by atoms with E-state index in [1.165, 1.54) is 16.7 Å². The van der Waals surface area contributed by atoms with Gasteiger partial charge in [0.1, 0.15) is 0 Å². The number of aliphatic hydroxyl groups excluding tert-OH is 1. The Hall–Kier alpha value is -1.39. The van der Waals surface area contributed by atoms with Gasteiger partial charge in [-0.1, -0.05) is 59.6 Å². The maximum absolute atomic E-state index is 9.49. The molecule has 3 rings (SSSR count). The summed E-state index contributed by atoms with van der Waals surface area (Å²) < 4.78 is 0. The lowest BCUT2D eigenvalue weighted by molar-refractivity contribution is 0.0500. The number of halogens is 1. The van der Waals surface area contributed by atoms with Crippen molar-refractivity contribution in [2.75, 3.05) is 26.2 Å². The second-order valence-corrected chi connectivity index (χ2v) is 7.36. The summed E-state index contributed by atoms with van der Waals surface area (Å²) in [6.07, 6.45) is 0.810. The molecule has 0 unspecified atom stereocenters. The highest BCUT2D eigenvalue weighted by atomic mass is 35.5. The third-order valence-corrected chi connectivity index (χ3v) is 5.38. The number of benzene rings is 2. The first-order chi connectivity index (χ1) is 12.2. The van der Waals surface area contributed by atoms with E-state index in [-0.39, 0.29) is 6.61 Å². The number of rotatable bonds is 6. The van der Waals surface area contributed by atoms with Gasteiger partial charge in [-0.25, -0.2) is 0 Å². The molecular weight excluding hydrogens is 332 g/mol. The van der Waals surface area contributed by atoms with Gasteiger partial charge in [-0.3, -0.25) is 9.80 Å². The molecule has 1 saturated heterocycles. The summed E-state index contributed by atoms with van der Waals surface area (Å²) in [6, 6.07) is 17.2. The van der Waals surface area contributed by atoms with Crippen molar-refractivity contribution in [3.05, 3.63) is 70.2 Å². The van der Waals surface area contributed by atoms with Gasteiger partial charge in [0.05, 0.1) is 0 Å². The normalized spacial score (nSPS) is 19.2. The minimum absolute atomic E-state index is 0.231. The number of hydrogen-bond acceptors (Lipinski definition) is 3. The first-order valence-corrected chi connectivity index (χ1v) is 9.39. The van der Waals surface area contributed by atoms with Gasteiger partial charge in [-0.05, 0) is 30.5 Å². The molecule has 0 amide bonds. The predicted octanol–water partition coefficient (Wildman–Crippen LogP) is 3.72. The van der Waals surface area contributed by atoms with Crippen LogP contribution in [0.15, 0.2) is 48.5 Å². The Balaban J connectivity index is 1.63. The van der Waals surface area contributed by atoms with E-state index in [0.717, 1.165) is 44.2 Å². The van der Waals surface area contributed by atoms with E-state index in [9.17, 15) is 5.11 Å². The Morgan fingerprint density at radius 1 is 1.04 bits per heavy atom. The van der Waals surface area contributed by atoms with Crippen LogP contribution in [-0.4, -0.2) is 47.2 Å². The molecular formula is C21H27ClN2O. The molecule has 0 aliphatic carbocycles. The zero-order valence-corrected chi connectivity index (χ0v) is 15.6. The Morgan fingerprint density at radius 2 is 1.80 bits per heavy atom. The summed E-state index contributed by atoms with van der Waals surface area (Å²) in [6.45, 7) is 7.19. The highest BCUT2D eigenvalue weighted by molar-refractivity contribution is 6.31. The summed E-state index contributed by atoms with van der Waals surface area (Å²) in [7, 11) is 0. The minimum Gasteiger partial charge on any atom is -0.396 e. The molecule has 1 N–H and O–H groups in total. The van der Waals surface area contributed by atoms with Crippen LogP contribution in [0.4, 0.5) is 0 Å².